The molecule has 3 rings (SSSR count). The lowest BCUT2D eigenvalue weighted by molar-refractivity contribution is 0.0935. The van der Waals surface area contributed by atoms with Crippen molar-refractivity contribution in [2.24, 2.45) is 0 Å². The number of amides is 1. The van der Waals surface area contributed by atoms with Gasteiger partial charge in [0.05, 0.1) is 22.9 Å². The SMILES string of the molecule is C[C@@H](NC(=O)c1cccc(S(=O)(=O)Nc2cccc(Cl)c2)c1)c1ccco1. The number of anilines is 1. The topological polar surface area (TPSA) is 88.4 Å². The highest BCUT2D eigenvalue weighted by Gasteiger charge is 2.18. The van der Waals surface area contributed by atoms with Crippen LogP contribution in [0, 0.1) is 0 Å². The van der Waals surface area contributed by atoms with Crippen LogP contribution in [0.2, 0.25) is 5.02 Å². The summed E-state index contributed by atoms with van der Waals surface area (Å²) in [6.07, 6.45) is 1.52. The normalized spacial score (nSPS) is 12.4. The monoisotopic (exact) mass is 404 g/mol. The first-order valence-electron chi connectivity index (χ1n) is 8.08. The van der Waals surface area contributed by atoms with Crippen LogP contribution in [-0.2, 0) is 10.0 Å². The molecule has 0 bridgehead atoms. The zero-order valence-corrected chi connectivity index (χ0v) is 15.9. The van der Waals surface area contributed by atoms with Crippen molar-refractivity contribution in [2.75, 3.05) is 4.72 Å². The van der Waals surface area contributed by atoms with Crippen LogP contribution in [0.15, 0.2) is 76.2 Å². The van der Waals surface area contributed by atoms with Crippen LogP contribution in [0.5, 0.6) is 0 Å². The molecule has 0 radical (unpaired) electrons. The van der Waals surface area contributed by atoms with Crippen LogP contribution < -0.4 is 10.0 Å². The van der Waals surface area contributed by atoms with Gasteiger partial charge in [0, 0.05) is 10.6 Å². The average Bonchev–Trinajstić information content (AvgIpc) is 3.16. The average molecular weight is 405 g/mol. The Morgan fingerprint density at radius 3 is 2.56 bits per heavy atom. The van der Waals surface area contributed by atoms with E-state index in [-0.39, 0.29) is 16.5 Å². The van der Waals surface area contributed by atoms with Gasteiger partial charge in [-0.25, -0.2) is 8.42 Å². The molecule has 3 aromatic rings. The molecule has 0 saturated heterocycles. The molecule has 1 heterocycles. The lowest BCUT2D eigenvalue weighted by Crippen LogP contribution is -2.26. The molecular weight excluding hydrogens is 388 g/mol. The van der Waals surface area contributed by atoms with E-state index in [0.29, 0.717) is 16.5 Å². The van der Waals surface area contributed by atoms with Gasteiger partial charge in [-0.15, -0.1) is 0 Å². The Morgan fingerprint density at radius 2 is 1.85 bits per heavy atom. The fourth-order valence-corrected chi connectivity index (χ4v) is 3.74. The Kier molecular flexibility index (Phi) is 5.53. The smallest absolute Gasteiger partial charge is 0.261 e. The Morgan fingerprint density at radius 1 is 1.07 bits per heavy atom. The van der Waals surface area contributed by atoms with Gasteiger partial charge in [0.1, 0.15) is 5.76 Å². The van der Waals surface area contributed by atoms with E-state index < -0.39 is 15.9 Å². The molecular formula is C19H17ClN2O4S. The van der Waals surface area contributed by atoms with Gasteiger partial charge in [-0.05, 0) is 55.5 Å². The molecule has 0 spiro atoms. The lowest BCUT2D eigenvalue weighted by Gasteiger charge is -2.13. The minimum atomic E-state index is -3.86. The number of furan rings is 1. The number of benzene rings is 2. The number of carbonyl (C=O) groups is 1. The molecule has 1 aromatic heterocycles. The third-order valence-corrected chi connectivity index (χ3v) is 5.41. The molecule has 140 valence electrons. The maximum Gasteiger partial charge on any atom is 0.261 e. The molecule has 6 nitrogen and oxygen atoms in total. The maximum absolute atomic E-state index is 12.6. The quantitative estimate of drug-likeness (QED) is 0.643. The summed E-state index contributed by atoms with van der Waals surface area (Å²) in [5.41, 5.74) is 0.561. The minimum absolute atomic E-state index is 0.0271. The highest BCUT2D eigenvalue weighted by molar-refractivity contribution is 7.92. The van der Waals surface area contributed by atoms with Crippen molar-refractivity contribution in [3.05, 3.63) is 83.3 Å². The van der Waals surface area contributed by atoms with E-state index >= 15 is 0 Å². The van der Waals surface area contributed by atoms with Crippen molar-refractivity contribution < 1.29 is 17.6 Å². The number of sulfonamides is 1. The molecule has 0 aliphatic heterocycles. The third kappa shape index (κ3) is 4.69. The molecule has 0 unspecified atom stereocenters. The van der Waals surface area contributed by atoms with Gasteiger partial charge in [-0.3, -0.25) is 9.52 Å². The number of carbonyl (C=O) groups excluding carboxylic acids is 1. The van der Waals surface area contributed by atoms with E-state index in [1.54, 1.807) is 43.3 Å². The van der Waals surface area contributed by atoms with Gasteiger partial charge in [0.15, 0.2) is 0 Å². The van der Waals surface area contributed by atoms with Gasteiger partial charge in [-0.2, -0.15) is 0 Å². The summed E-state index contributed by atoms with van der Waals surface area (Å²) >= 11 is 5.88. The second-order valence-corrected chi connectivity index (χ2v) is 7.97. The third-order valence-electron chi connectivity index (χ3n) is 3.80. The van der Waals surface area contributed by atoms with E-state index in [9.17, 15) is 13.2 Å². The number of hydrogen-bond donors (Lipinski definition) is 2. The fourth-order valence-electron chi connectivity index (χ4n) is 2.46. The summed E-state index contributed by atoms with van der Waals surface area (Å²) in [7, 11) is -3.86. The van der Waals surface area contributed by atoms with Crippen LogP contribution >= 0.6 is 11.6 Å². The van der Waals surface area contributed by atoms with Crippen molar-refractivity contribution in [3.8, 4) is 0 Å². The summed E-state index contributed by atoms with van der Waals surface area (Å²) in [6.45, 7) is 1.78. The molecule has 8 heteroatoms. The predicted octanol–water partition coefficient (Wildman–Crippen LogP) is 4.22. The van der Waals surface area contributed by atoms with E-state index in [0.717, 1.165) is 0 Å². The first-order valence-corrected chi connectivity index (χ1v) is 9.94. The second-order valence-electron chi connectivity index (χ2n) is 5.85. The fraction of sp³-hybridized carbons (Fsp3) is 0.105. The molecule has 27 heavy (non-hydrogen) atoms. The van der Waals surface area contributed by atoms with Gasteiger partial charge < -0.3 is 9.73 Å². The largest absolute Gasteiger partial charge is 0.467 e. The van der Waals surface area contributed by atoms with Crippen molar-refractivity contribution in [1.82, 2.24) is 5.32 Å². The zero-order valence-electron chi connectivity index (χ0n) is 14.3. The number of halogens is 1. The molecule has 0 saturated carbocycles. The zero-order chi connectivity index (χ0) is 19.4. The highest BCUT2D eigenvalue weighted by Crippen LogP contribution is 2.20. The Bertz CT molecular complexity index is 1050. The van der Waals surface area contributed by atoms with Crippen molar-refractivity contribution >= 4 is 33.2 Å². The first kappa shape index (κ1) is 19.0. The molecule has 1 amide bonds. The number of rotatable bonds is 6. The minimum Gasteiger partial charge on any atom is -0.467 e. The van der Waals surface area contributed by atoms with Crippen LogP contribution in [0.4, 0.5) is 5.69 Å². The Balaban J connectivity index is 1.79. The van der Waals surface area contributed by atoms with E-state index in [1.165, 1.54) is 30.5 Å². The van der Waals surface area contributed by atoms with E-state index in [2.05, 4.69) is 10.0 Å². The molecule has 2 N–H and O–H groups in total. The summed E-state index contributed by atoms with van der Waals surface area (Å²) in [5.74, 6) is 0.202. The summed E-state index contributed by atoms with van der Waals surface area (Å²) in [4.78, 5) is 12.4. The Hall–Kier alpha value is -2.77. The molecule has 1 atom stereocenters. The molecule has 0 fully saturated rings. The van der Waals surface area contributed by atoms with Gasteiger partial charge >= 0.3 is 0 Å². The predicted molar refractivity (Wildman–Crippen MR) is 103 cm³/mol. The molecule has 2 aromatic carbocycles. The van der Waals surface area contributed by atoms with Crippen LogP contribution in [0.25, 0.3) is 0 Å². The summed E-state index contributed by atoms with van der Waals surface area (Å²) in [5, 5.41) is 3.18. The summed E-state index contributed by atoms with van der Waals surface area (Å²) < 4.78 is 32.9. The molecule has 0 aliphatic rings. The highest BCUT2D eigenvalue weighted by atomic mass is 35.5. The van der Waals surface area contributed by atoms with Crippen molar-refractivity contribution in [1.29, 1.82) is 0 Å². The van der Waals surface area contributed by atoms with Crippen molar-refractivity contribution in [2.45, 2.75) is 17.9 Å². The van der Waals surface area contributed by atoms with E-state index in [1.807, 2.05) is 0 Å². The Labute approximate surface area is 162 Å². The maximum atomic E-state index is 12.6. The van der Waals surface area contributed by atoms with Crippen LogP contribution in [0.1, 0.15) is 29.1 Å². The van der Waals surface area contributed by atoms with E-state index in [4.69, 9.17) is 16.0 Å². The standard InChI is InChI=1S/C19H17ClN2O4S/c1-13(18-9-4-10-26-18)21-19(23)14-5-2-8-17(11-14)27(24,25)22-16-7-3-6-15(20)12-16/h2-13,22H,1H3,(H,21,23)/t13-/m1/s1. The van der Waals surface area contributed by atoms with Crippen LogP contribution in [0.3, 0.4) is 0 Å². The van der Waals surface area contributed by atoms with Gasteiger partial charge in [0.25, 0.3) is 15.9 Å². The van der Waals surface area contributed by atoms with Crippen molar-refractivity contribution in [3.63, 3.8) is 0 Å². The summed E-state index contributed by atoms with van der Waals surface area (Å²) in [6, 6.07) is 15.3. The van der Waals surface area contributed by atoms with Gasteiger partial charge in [0.2, 0.25) is 0 Å². The second kappa shape index (κ2) is 7.85. The number of nitrogens with one attached hydrogen (secondary N) is 2. The first-order chi connectivity index (χ1) is 12.8. The van der Waals surface area contributed by atoms with Crippen LogP contribution in [-0.4, -0.2) is 14.3 Å². The lowest BCUT2D eigenvalue weighted by atomic mass is 10.2. The van der Waals surface area contributed by atoms with Gasteiger partial charge in [-0.1, -0.05) is 23.7 Å². The molecule has 0 aliphatic carbocycles. The number of hydrogen-bond acceptors (Lipinski definition) is 4.